The zero-order chi connectivity index (χ0) is 14.8. The van der Waals surface area contributed by atoms with E-state index in [1.807, 2.05) is 59.2 Å². The summed E-state index contributed by atoms with van der Waals surface area (Å²) in [4.78, 5) is 7.40. The Balaban J connectivity index is 2.32. The SMILES string of the molecule is Cc1ccc(-n2c(-c3ccccc3)nc(=S)[nH]c2=S)cc1. The van der Waals surface area contributed by atoms with Gasteiger partial charge in [-0.3, -0.25) is 4.57 Å². The monoisotopic (exact) mass is 311 g/mol. The van der Waals surface area contributed by atoms with E-state index in [0.29, 0.717) is 9.54 Å². The molecule has 3 nitrogen and oxygen atoms in total. The first-order valence-corrected chi connectivity index (χ1v) is 7.32. The largest absolute Gasteiger partial charge is 0.307 e. The van der Waals surface area contributed by atoms with Crippen LogP contribution in [0.4, 0.5) is 0 Å². The molecule has 21 heavy (non-hydrogen) atoms. The van der Waals surface area contributed by atoms with Crippen LogP contribution in [0.1, 0.15) is 5.56 Å². The molecule has 0 amide bonds. The van der Waals surface area contributed by atoms with Gasteiger partial charge in [-0.1, -0.05) is 48.0 Å². The Hall–Kier alpha value is -2.11. The minimum atomic E-state index is 0.391. The summed E-state index contributed by atoms with van der Waals surface area (Å²) in [5, 5.41) is 0. The topological polar surface area (TPSA) is 33.6 Å². The summed E-state index contributed by atoms with van der Waals surface area (Å²) in [6.45, 7) is 2.05. The zero-order valence-electron chi connectivity index (χ0n) is 11.4. The van der Waals surface area contributed by atoms with Crippen molar-refractivity contribution in [3.05, 3.63) is 69.7 Å². The second kappa shape index (κ2) is 5.71. The molecular formula is C16H13N3S2. The number of nitrogens with one attached hydrogen (secondary N) is 1. The highest BCUT2D eigenvalue weighted by Gasteiger charge is 2.09. The van der Waals surface area contributed by atoms with Crippen LogP contribution < -0.4 is 0 Å². The van der Waals surface area contributed by atoms with E-state index < -0.39 is 0 Å². The summed E-state index contributed by atoms with van der Waals surface area (Å²) in [5.74, 6) is 0.744. The van der Waals surface area contributed by atoms with Gasteiger partial charge in [-0.25, -0.2) is 4.98 Å². The molecule has 0 saturated carbocycles. The van der Waals surface area contributed by atoms with E-state index in [4.69, 9.17) is 24.4 Å². The lowest BCUT2D eigenvalue weighted by Gasteiger charge is -2.13. The molecule has 104 valence electrons. The second-order valence-electron chi connectivity index (χ2n) is 4.71. The zero-order valence-corrected chi connectivity index (χ0v) is 13.0. The van der Waals surface area contributed by atoms with Gasteiger partial charge in [0.05, 0.1) is 0 Å². The third kappa shape index (κ3) is 2.84. The van der Waals surface area contributed by atoms with Crippen LogP contribution in [0.3, 0.4) is 0 Å². The number of hydrogen-bond donors (Lipinski definition) is 1. The average molecular weight is 311 g/mol. The molecule has 3 aromatic rings. The summed E-state index contributed by atoms with van der Waals surface area (Å²) in [5.41, 5.74) is 3.14. The minimum Gasteiger partial charge on any atom is -0.307 e. The van der Waals surface area contributed by atoms with Crippen LogP contribution in [0.2, 0.25) is 0 Å². The molecule has 0 bridgehead atoms. The van der Waals surface area contributed by atoms with Gasteiger partial charge in [-0.05, 0) is 43.5 Å². The van der Waals surface area contributed by atoms with E-state index in [-0.39, 0.29) is 0 Å². The molecule has 5 heteroatoms. The van der Waals surface area contributed by atoms with Gasteiger partial charge in [-0.2, -0.15) is 0 Å². The van der Waals surface area contributed by atoms with E-state index in [1.165, 1.54) is 5.56 Å². The predicted molar refractivity (Wildman–Crippen MR) is 89.8 cm³/mol. The Kier molecular flexibility index (Phi) is 3.77. The second-order valence-corrected chi connectivity index (χ2v) is 5.48. The first kappa shape index (κ1) is 13.9. The number of H-pyrrole nitrogens is 1. The maximum absolute atomic E-state index is 5.44. The lowest BCUT2D eigenvalue weighted by Crippen LogP contribution is -2.06. The molecule has 0 radical (unpaired) electrons. The van der Waals surface area contributed by atoms with E-state index in [2.05, 4.69) is 16.9 Å². The smallest absolute Gasteiger partial charge is 0.201 e. The summed E-state index contributed by atoms with van der Waals surface area (Å²) in [6.07, 6.45) is 0. The summed E-state index contributed by atoms with van der Waals surface area (Å²) < 4.78 is 2.83. The highest BCUT2D eigenvalue weighted by Crippen LogP contribution is 2.21. The third-order valence-electron chi connectivity index (χ3n) is 3.16. The molecule has 0 aliphatic carbocycles. The average Bonchev–Trinajstić information content (AvgIpc) is 2.49. The molecule has 0 saturated heterocycles. The Bertz CT molecular complexity index is 878. The Morgan fingerprint density at radius 2 is 1.62 bits per heavy atom. The molecule has 1 heterocycles. The highest BCUT2D eigenvalue weighted by atomic mass is 32.1. The Morgan fingerprint density at radius 3 is 2.29 bits per heavy atom. The molecular weight excluding hydrogens is 298 g/mol. The lowest BCUT2D eigenvalue weighted by atomic mass is 10.2. The van der Waals surface area contributed by atoms with Crippen molar-refractivity contribution in [2.24, 2.45) is 0 Å². The van der Waals surface area contributed by atoms with Gasteiger partial charge >= 0.3 is 0 Å². The van der Waals surface area contributed by atoms with Crippen molar-refractivity contribution in [3.63, 3.8) is 0 Å². The molecule has 0 fully saturated rings. The molecule has 0 aliphatic heterocycles. The third-order valence-corrected chi connectivity index (χ3v) is 3.64. The summed E-state index contributed by atoms with van der Waals surface area (Å²) in [7, 11) is 0. The van der Waals surface area contributed by atoms with E-state index >= 15 is 0 Å². The van der Waals surface area contributed by atoms with Gasteiger partial charge in [0.2, 0.25) is 4.77 Å². The van der Waals surface area contributed by atoms with E-state index in [9.17, 15) is 0 Å². The van der Waals surface area contributed by atoms with Crippen LogP contribution in [0.15, 0.2) is 54.6 Å². The van der Waals surface area contributed by atoms with E-state index in [1.54, 1.807) is 0 Å². The number of nitrogens with zero attached hydrogens (tertiary/aromatic N) is 2. The number of rotatable bonds is 2. The van der Waals surface area contributed by atoms with Crippen molar-refractivity contribution in [1.82, 2.24) is 14.5 Å². The number of aromatic amines is 1. The molecule has 0 atom stereocenters. The van der Waals surface area contributed by atoms with Gasteiger partial charge in [0.1, 0.15) is 5.82 Å². The Morgan fingerprint density at radius 1 is 0.952 bits per heavy atom. The van der Waals surface area contributed by atoms with Gasteiger partial charge in [0.25, 0.3) is 0 Å². The van der Waals surface area contributed by atoms with Crippen molar-refractivity contribution in [1.29, 1.82) is 0 Å². The van der Waals surface area contributed by atoms with Crippen LogP contribution in [0, 0.1) is 16.5 Å². The number of aromatic nitrogens is 3. The predicted octanol–water partition coefficient (Wildman–Crippen LogP) is 4.63. The van der Waals surface area contributed by atoms with Crippen molar-refractivity contribution in [3.8, 4) is 17.1 Å². The number of hydrogen-bond acceptors (Lipinski definition) is 3. The normalized spacial score (nSPS) is 10.5. The summed E-state index contributed by atoms with van der Waals surface area (Å²) in [6, 6.07) is 18.1. The molecule has 2 aromatic carbocycles. The number of benzene rings is 2. The van der Waals surface area contributed by atoms with Crippen LogP contribution in [-0.2, 0) is 0 Å². The first-order valence-electron chi connectivity index (χ1n) is 6.51. The summed E-state index contributed by atoms with van der Waals surface area (Å²) >= 11 is 10.6. The molecule has 1 aromatic heterocycles. The van der Waals surface area contributed by atoms with Gasteiger partial charge < -0.3 is 4.98 Å². The molecule has 0 aliphatic rings. The fourth-order valence-corrected chi connectivity index (χ4v) is 2.67. The fourth-order valence-electron chi connectivity index (χ4n) is 2.13. The van der Waals surface area contributed by atoms with Crippen LogP contribution in [0.25, 0.3) is 17.1 Å². The fraction of sp³-hybridized carbons (Fsp3) is 0.0625. The molecule has 0 spiro atoms. The quantitative estimate of drug-likeness (QED) is 0.700. The van der Waals surface area contributed by atoms with Crippen molar-refractivity contribution >= 4 is 24.4 Å². The van der Waals surface area contributed by atoms with Gasteiger partial charge in [-0.15, -0.1) is 0 Å². The van der Waals surface area contributed by atoms with Gasteiger partial charge in [0, 0.05) is 11.3 Å². The lowest BCUT2D eigenvalue weighted by molar-refractivity contribution is 0.893. The first-order chi connectivity index (χ1) is 10.1. The molecule has 0 unspecified atom stereocenters. The van der Waals surface area contributed by atoms with Crippen LogP contribution in [0.5, 0.6) is 0 Å². The standard InChI is InChI=1S/C16H13N3S2/c1-11-7-9-13(10-8-11)19-14(12-5-3-2-4-6-12)17-15(20)18-16(19)21/h2-10H,1H3,(H,18,20,21). The van der Waals surface area contributed by atoms with E-state index in [0.717, 1.165) is 17.1 Å². The minimum absolute atomic E-state index is 0.391. The van der Waals surface area contributed by atoms with Gasteiger partial charge in [0.15, 0.2) is 4.77 Å². The highest BCUT2D eigenvalue weighted by molar-refractivity contribution is 7.71. The van der Waals surface area contributed by atoms with Crippen LogP contribution in [-0.4, -0.2) is 14.5 Å². The van der Waals surface area contributed by atoms with Crippen molar-refractivity contribution < 1.29 is 0 Å². The number of aryl methyl sites for hydroxylation is 1. The van der Waals surface area contributed by atoms with Crippen LogP contribution >= 0.6 is 24.4 Å². The molecule has 1 N–H and O–H groups in total. The maximum Gasteiger partial charge on any atom is 0.201 e. The Labute approximate surface area is 132 Å². The molecule has 3 rings (SSSR count). The maximum atomic E-state index is 5.44. The van der Waals surface area contributed by atoms with Crippen molar-refractivity contribution in [2.45, 2.75) is 6.92 Å². The van der Waals surface area contributed by atoms with Crippen molar-refractivity contribution in [2.75, 3.05) is 0 Å².